The summed E-state index contributed by atoms with van der Waals surface area (Å²) < 4.78 is 33.2. The Labute approximate surface area is 194 Å². The van der Waals surface area contributed by atoms with Crippen molar-refractivity contribution in [3.8, 4) is 5.75 Å². The summed E-state index contributed by atoms with van der Waals surface area (Å²) in [7, 11) is -2.31. The van der Waals surface area contributed by atoms with E-state index in [1.165, 1.54) is 17.5 Å². The third-order valence-electron chi connectivity index (χ3n) is 6.17. The van der Waals surface area contributed by atoms with Crippen LogP contribution in [0.4, 0.5) is 5.69 Å². The number of carbonyl (C=O) groups excluding carboxylic acids is 2. The van der Waals surface area contributed by atoms with Gasteiger partial charge in [-0.15, -0.1) is 0 Å². The van der Waals surface area contributed by atoms with Crippen LogP contribution in [-0.4, -0.2) is 56.2 Å². The summed E-state index contributed by atoms with van der Waals surface area (Å²) in [5.41, 5.74) is 1.37. The highest BCUT2D eigenvalue weighted by Gasteiger charge is 2.35. The SMILES string of the molecule is COc1ccc(NC(=O)C2CC(=O)N(Cc3ccccc3)C2)cc1S(=O)(=O)N1CCCCC1. The van der Waals surface area contributed by atoms with Crippen LogP contribution >= 0.6 is 0 Å². The normalized spacial score (nSPS) is 19.5. The summed E-state index contributed by atoms with van der Waals surface area (Å²) in [5, 5.41) is 2.80. The van der Waals surface area contributed by atoms with E-state index < -0.39 is 15.9 Å². The van der Waals surface area contributed by atoms with Crippen LogP contribution in [0, 0.1) is 5.92 Å². The first-order valence-electron chi connectivity index (χ1n) is 11.2. The van der Waals surface area contributed by atoms with E-state index in [-0.39, 0.29) is 28.9 Å². The average Bonchev–Trinajstić information content (AvgIpc) is 3.20. The summed E-state index contributed by atoms with van der Waals surface area (Å²) in [5.74, 6) is -0.624. The van der Waals surface area contributed by atoms with Crippen molar-refractivity contribution in [2.24, 2.45) is 5.92 Å². The molecule has 2 amide bonds. The summed E-state index contributed by atoms with van der Waals surface area (Å²) in [4.78, 5) is 27.0. The number of anilines is 1. The van der Waals surface area contributed by atoms with Gasteiger partial charge in [-0.25, -0.2) is 8.42 Å². The zero-order valence-corrected chi connectivity index (χ0v) is 19.5. The van der Waals surface area contributed by atoms with Crippen molar-refractivity contribution in [1.82, 2.24) is 9.21 Å². The largest absolute Gasteiger partial charge is 0.495 e. The van der Waals surface area contributed by atoms with Gasteiger partial charge in [-0.1, -0.05) is 36.8 Å². The first-order valence-corrected chi connectivity index (χ1v) is 12.6. The van der Waals surface area contributed by atoms with Crippen LogP contribution in [0.5, 0.6) is 5.75 Å². The molecule has 2 fully saturated rings. The van der Waals surface area contributed by atoms with Crippen molar-refractivity contribution in [1.29, 1.82) is 0 Å². The number of ether oxygens (including phenoxy) is 1. The van der Waals surface area contributed by atoms with Crippen LogP contribution in [0.15, 0.2) is 53.4 Å². The molecule has 0 radical (unpaired) electrons. The van der Waals surface area contributed by atoms with Gasteiger partial charge in [-0.3, -0.25) is 9.59 Å². The second kappa shape index (κ2) is 9.93. The molecule has 0 aliphatic carbocycles. The number of carbonyl (C=O) groups is 2. The number of amides is 2. The van der Waals surface area contributed by atoms with E-state index in [0.29, 0.717) is 31.9 Å². The van der Waals surface area contributed by atoms with Gasteiger partial charge in [0, 0.05) is 38.3 Å². The van der Waals surface area contributed by atoms with Gasteiger partial charge in [0.25, 0.3) is 0 Å². The van der Waals surface area contributed by atoms with Crippen LogP contribution < -0.4 is 10.1 Å². The molecule has 0 bridgehead atoms. The van der Waals surface area contributed by atoms with Gasteiger partial charge in [0.2, 0.25) is 21.8 Å². The Hall–Kier alpha value is -2.91. The van der Waals surface area contributed by atoms with E-state index >= 15 is 0 Å². The average molecular weight is 472 g/mol. The molecule has 9 heteroatoms. The lowest BCUT2D eigenvalue weighted by molar-refractivity contribution is -0.128. The van der Waals surface area contributed by atoms with Crippen LogP contribution in [0.25, 0.3) is 0 Å². The molecule has 1 N–H and O–H groups in total. The van der Waals surface area contributed by atoms with Gasteiger partial charge < -0.3 is 15.0 Å². The molecule has 4 rings (SSSR count). The molecular weight excluding hydrogens is 442 g/mol. The lowest BCUT2D eigenvalue weighted by Gasteiger charge is -2.26. The molecule has 8 nitrogen and oxygen atoms in total. The van der Waals surface area contributed by atoms with Crippen molar-refractivity contribution >= 4 is 27.5 Å². The molecular formula is C24H29N3O5S. The highest BCUT2D eigenvalue weighted by molar-refractivity contribution is 7.89. The van der Waals surface area contributed by atoms with Gasteiger partial charge in [0.05, 0.1) is 13.0 Å². The summed E-state index contributed by atoms with van der Waals surface area (Å²) in [6.45, 7) is 1.74. The smallest absolute Gasteiger partial charge is 0.246 e. The fourth-order valence-corrected chi connectivity index (χ4v) is 6.05. The zero-order chi connectivity index (χ0) is 23.4. The Morgan fingerprint density at radius 2 is 1.82 bits per heavy atom. The number of likely N-dealkylation sites (tertiary alicyclic amines) is 1. The fourth-order valence-electron chi connectivity index (χ4n) is 4.35. The molecule has 0 saturated carbocycles. The maximum absolute atomic E-state index is 13.2. The monoisotopic (exact) mass is 471 g/mol. The first kappa shape index (κ1) is 23.3. The second-order valence-corrected chi connectivity index (χ2v) is 10.4. The van der Waals surface area contributed by atoms with Crippen molar-refractivity contribution in [3.05, 3.63) is 54.1 Å². The van der Waals surface area contributed by atoms with Crippen LogP contribution in [-0.2, 0) is 26.2 Å². The number of methoxy groups -OCH3 is 1. The van der Waals surface area contributed by atoms with Crippen molar-refractivity contribution in [2.45, 2.75) is 37.1 Å². The molecule has 1 atom stereocenters. The lowest BCUT2D eigenvalue weighted by Crippen LogP contribution is -2.35. The van der Waals surface area contributed by atoms with E-state index in [1.54, 1.807) is 17.0 Å². The van der Waals surface area contributed by atoms with Gasteiger partial charge in [-0.2, -0.15) is 4.31 Å². The number of hydrogen-bond acceptors (Lipinski definition) is 5. The number of nitrogens with one attached hydrogen (secondary N) is 1. The van der Waals surface area contributed by atoms with Gasteiger partial charge in [0.1, 0.15) is 10.6 Å². The Bertz CT molecular complexity index is 1110. The molecule has 0 spiro atoms. The first-order chi connectivity index (χ1) is 15.9. The maximum atomic E-state index is 13.2. The van der Waals surface area contributed by atoms with Crippen molar-refractivity contribution in [3.63, 3.8) is 0 Å². The lowest BCUT2D eigenvalue weighted by atomic mass is 10.1. The predicted molar refractivity (Wildman–Crippen MR) is 124 cm³/mol. The van der Waals surface area contributed by atoms with E-state index in [1.807, 2.05) is 30.3 Å². The topological polar surface area (TPSA) is 96.0 Å². The van der Waals surface area contributed by atoms with Crippen LogP contribution in [0.3, 0.4) is 0 Å². The highest BCUT2D eigenvalue weighted by atomic mass is 32.2. The molecule has 2 aromatic rings. The Morgan fingerprint density at radius 1 is 1.09 bits per heavy atom. The summed E-state index contributed by atoms with van der Waals surface area (Å²) >= 11 is 0. The number of hydrogen-bond donors (Lipinski definition) is 1. The Kier molecular flexibility index (Phi) is 6.99. The van der Waals surface area contributed by atoms with Crippen molar-refractivity contribution in [2.75, 3.05) is 32.1 Å². The van der Waals surface area contributed by atoms with Gasteiger partial charge in [0.15, 0.2) is 0 Å². The third-order valence-corrected chi connectivity index (χ3v) is 8.09. The fraction of sp³-hybridized carbons (Fsp3) is 0.417. The Balaban J connectivity index is 1.47. The number of benzene rings is 2. The molecule has 2 heterocycles. The quantitative estimate of drug-likeness (QED) is 0.670. The van der Waals surface area contributed by atoms with E-state index in [4.69, 9.17) is 4.74 Å². The molecule has 2 aliphatic rings. The predicted octanol–water partition coefficient (Wildman–Crippen LogP) is 2.86. The summed E-state index contributed by atoms with van der Waals surface area (Å²) in [6, 6.07) is 14.3. The van der Waals surface area contributed by atoms with Crippen LogP contribution in [0.1, 0.15) is 31.2 Å². The highest BCUT2D eigenvalue weighted by Crippen LogP contribution is 2.31. The summed E-state index contributed by atoms with van der Waals surface area (Å²) in [6.07, 6.45) is 2.80. The van der Waals surface area contributed by atoms with E-state index in [9.17, 15) is 18.0 Å². The second-order valence-electron chi connectivity index (χ2n) is 8.48. The molecule has 176 valence electrons. The minimum Gasteiger partial charge on any atom is -0.495 e. The number of sulfonamides is 1. The van der Waals surface area contributed by atoms with Crippen molar-refractivity contribution < 1.29 is 22.7 Å². The molecule has 2 aliphatic heterocycles. The van der Waals surface area contributed by atoms with Gasteiger partial charge in [-0.05, 0) is 36.6 Å². The standard InChI is InChI=1S/C24H29N3O5S/c1-32-21-11-10-20(15-22(21)33(30,31)27-12-6-3-7-13-27)25-24(29)19-14-23(28)26(17-19)16-18-8-4-2-5-9-18/h2,4-5,8-11,15,19H,3,6-7,12-14,16-17H2,1H3,(H,25,29). The van der Waals surface area contributed by atoms with E-state index in [0.717, 1.165) is 24.8 Å². The Morgan fingerprint density at radius 3 is 2.52 bits per heavy atom. The minimum absolute atomic E-state index is 0.0397. The van der Waals surface area contributed by atoms with Crippen LogP contribution in [0.2, 0.25) is 0 Å². The molecule has 2 aromatic carbocycles. The molecule has 2 saturated heterocycles. The number of rotatable bonds is 7. The number of nitrogens with zero attached hydrogens (tertiary/aromatic N) is 2. The maximum Gasteiger partial charge on any atom is 0.246 e. The number of piperidine rings is 1. The van der Waals surface area contributed by atoms with E-state index in [2.05, 4.69) is 5.32 Å². The zero-order valence-electron chi connectivity index (χ0n) is 18.7. The molecule has 33 heavy (non-hydrogen) atoms. The van der Waals surface area contributed by atoms with Gasteiger partial charge >= 0.3 is 0 Å². The molecule has 0 aromatic heterocycles. The third kappa shape index (κ3) is 5.20. The molecule has 1 unspecified atom stereocenters. The minimum atomic E-state index is -3.74.